The van der Waals surface area contributed by atoms with E-state index in [1.54, 1.807) is 36.0 Å². The lowest BCUT2D eigenvalue weighted by Crippen LogP contribution is -2.43. The van der Waals surface area contributed by atoms with Crippen molar-refractivity contribution >= 4 is 23.6 Å². The normalized spacial score (nSPS) is 12.1. The Morgan fingerprint density at radius 3 is 2.31 bits per heavy atom. The van der Waals surface area contributed by atoms with E-state index in [2.05, 4.69) is 24.4 Å². The molecule has 1 rings (SSSR count). The largest absolute Gasteiger partial charge is 0.467 e. The van der Waals surface area contributed by atoms with Crippen molar-refractivity contribution in [3.8, 4) is 0 Å². The molecular weight excluding hydrogens is 382 g/mol. The number of carbonyl (C=O) groups excluding carboxylic acids is 2. The number of benzene rings is 1. The number of allylic oxidation sites excluding steroid dienone is 1. The monoisotopic (exact) mass is 419 g/mol. The number of esters is 1. The lowest BCUT2D eigenvalue weighted by Gasteiger charge is -2.15. The predicted octanol–water partition coefficient (Wildman–Crippen LogP) is 5.78. The van der Waals surface area contributed by atoms with Crippen LogP contribution in [0.15, 0.2) is 42.5 Å². The van der Waals surface area contributed by atoms with Crippen LogP contribution in [0.3, 0.4) is 0 Å². The first kappa shape index (κ1) is 25.3. The van der Waals surface area contributed by atoms with Gasteiger partial charge in [-0.05, 0) is 25.0 Å². The van der Waals surface area contributed by atoms with Crippen LogP contribution in [0.1, 0.15) is 75.1 Å². The maximum absolute atomic E-state index is 12.3. The molecule has 0 fully saturated rings. The average Bonchev–Trinajstić information content (AvgIpc) is 2.76. The second kappa shape index (κ2) is 17.1. The van der Waals surface area contributed by atoms with Crippen molar-refractivity contribution in [3.63, 3.8) is 0 Å². The Kier molecular flexibility index (Phi) is 14.9. The van der Waals surface area contributed by atoms with E-state index in [0.29, 0.717) is 11.3 Å². The molecule has 1 aromatic carbocycles. The van der Waals surface area contributed by atoms with E-state index in [9.17, 15) is 9.59 Å². The number of ether oxygens (including phenoxy) is 1. The highest BCUT2D eigenvalue weighted by Crippen LogP contribution is 2.11. The first-order chi connectivity index (χ1) is 14.2. The molecule has 0 unspecified atom stereocenters. The summed E-state index contributed by atoms with van der Waals surface area (Å²) in [5.41, 5.74) is 0.539. The zero-order valence-corrected chi connectivity index (χ0v) is 18.8. The van der Waals surface area contributed by atoms with Crippen molar-refractivity contribution in [2.75, 3.05) is 18.6 Å². The maximum atomic E-state index is 12.3. The molecule has 0 aromatic heterocycles. The van der Waals surface area contributed by atoms with Gasteiger partial charge in [-0.1, -0.05) is 82.2 Å². The first-order valence-electron chi connectivity index (χ1n) is 10.9. The fourth-order valence-electron chi connectivity index (χ4n) is 2.98. The summed E-state index contributed by atoms with van der Waals surface area (Å²) < 4.78 is 4.83. The Balaban J connectivity index is 2.17. The number of methoxy groups -OCH3 is 1. The Morgan fingerprint density at radius 2 is 1.66 bits per heavy atom. The standard InChI is InChI=1S/C24H37NO3S/c1-3-4-5-6-7-8-9-10-11-12-16-19-29-20-22(24(27)28-2)25-23(26)21-17-14-13-15-18-21/h12-18,22H,3-11,19-20H2,1-2H3,(H,25,26)/b16-12+/t22-/m0/s1. The molecule has 0 aliphatic rings. The van der Waals surface area contributed by atoms with Crippen molar-refractivity contribution in [1.29, 1.82) is 0 Å². The zero-order valence-electron chi connectivity index (χ0n) is 18.0. The molecule has 1 atom stereocenters. The van der Waals surface area contributed by atoms with Gasteiger partial charge in [0.15, 0.2) is 0 Å². The fourth-order valence-corrected chi connectivity index (χ4v) is 3.84. The molecule has 1 amide bonds. The molecule has 0 saturated heterocycles. The van der Waals surface area contributed by atoms with Gasteiger partial charge in [0.2, 0.25) is 0 Å². The summed E-state index contributed by atoms with van der Waals surface area (Å²) in [6.07, 6.45) is 16.2. The first-order valence-corrected chi connectivity index (χ1v) is 12.0. The molecule has 1 N–H and O–H groups in total. The molecule has 0 aliphatic heterocycles. The zero-order chi connectivity index (χ0) is 21.2. The number of hydrogen-bond donors (Lipinski definition) is 1. The summed E-state index contributed by atoms with van der Waals surface area (Å²) in [7, 11) is 1.35. The van der Waals surface area contributed by atoms with E-state index in [1.165, 1.54) is 58.5 Å². The molecule has 162 valence electrons. The summed E-state index contributed by atoms with van der Waals surface area (Å²) in [5.74, 6) is 0.649. The van der Waals surface area contributed by atoms with Gasteiger partial charge < -0.3 is 10.1 Å². The predicted molar refractivity (Wildman–Crippen MR) is 123 cm³/mol. The number of amides is 1. The van der Waals surface area contributed by atoms with E-state index in [4.69, 9.17) is 4.74 Å². The lowest BCUT2D eigenvalue weighted by atomic mass is 10.1. The number of nitrogens with one attached hydrogen (secondary N) is 1. The van der Waals surface area contributed by atoms with Crippen LogP contribution in [-0.2, 0) is 9.53 Å². The summed E-state index contributed by atoms with van der Waals surface area (Å²) in [4.78, 5) is 24.2. The van der Waals surface area contributed by atoms with Crippen molar-refractivity contribution in [2.24, 2.45) is 0 Å². The lowest BCUT2D eigenvalue weighted by molar-refractivity contribution is -0.142. The smallest absolute Gasteiger partial charge is 0.329 e. The minimum Gasteiger partial charge on any atom is -0.467 e. The van der Waals surface area contributed by atoms with E-state index < -0.39 is 12.0 Å². The number of unbranched alkanes of at least 4 members (excludes halogenated alkanes) is 8. The van der Waals surface area contributed by atoms with E-state index in [-0.39, 0.29) is 5.91 Å². The molecule has 0 radical (unpaired) electrons. The Morgan fingerprint density at radius 1 is 1.00 bits per heavy atom. The molecule has 5 heteroatoms. The van der Waals surface area contributed by atoms with Gasteiger partial charge in [0.05, 0.1) is 7.11 Å². The van der Waals surface area contributed by atoms with Gasteiger partial charge >= 0.3 is 5.97 Å². The summed E-state index contributed by atoms with van der Waals surface area (Å²) in [6, 6.07) is 8.26. The average molecular weight is 420 g/mol. The van der Waals surface area contributed by atoms with Crippen molar-refractivity contribution in [2.45, 2.75) is 70.8 Å². The van der Waals surface area contributed by atoms with Gasteiger partial charge in [0, 0.05) is 17.1 Å². The van der Waals surface area contributed by atoms with Gasteiger partial charge in [0.1, 0.15) is 6.04 Å². The van der Waals surface area contributed by atoms with E-state index in [1.807, 2.05) is 6.07 Å². The Hall–Kier alpha value is -1.75. The minimum atomic E-state index is -0.640. The quantitative estimate of drug-likeness (QED) is 0.210. The van der Waals surface area contributed by atoms with Gasteiger partial charge in [0.25, 0.3) is 5.91 Å². The summed E-state index contributed by atoms with van der Waals surface area (Å²) in [6.45, 7) is 2.25. The highest BCUT2D eigenvalue weighted by atomic mass is 32.2. The van der Waals surface area contributed by atoms with Crippen LogP contribution < -0.4 is 5.32 Å². The maximum Gasteiger partial charge on any atom is 0.329 e. The van der Waals surface area contributed by atoms with Crippen LogP contribution in [-0.4, -0.2) is 36.5 Å². The number of rotatable bonds is 16. The molecule has 0 saturated carbocycles. The second-order valence-electron chi connectivity index (χ2n) is 7.19. The number of thioether (sulfide) groups is 1. The van der Waals surface area contributed by atoms with Gasteiger partial charge in [-0.25, -0.2) is 4.79 Å². The molecule has 0 bridgehead atoms. The SMILES string of the molecule is CCCCCCCCCC/C=C/CSC[C@H](NC(=O)c1ccccc1)C(=O)OC. The van der Waals surface area contributed by atoms with Gasteiger partial charge in [-0.3, -0.25) is 4.79 Å². The fraction of sp³-hybridized carbons (Fsp3) is 0.583. The molecule has 0 aliphatic carbocycles. The van der Waals surface area contributed by atoms with Gasteiger partial charge in [-0.2, -0.15) is 11.8 Å². The van der Waals surface area contributed by atoms with Crippen LogP contribution in [0.5, 0.6) is 0 Å². The minimum absolute atomic E-state index is 0.258. The number of hydrogen-bond acceptors (Lipinski definition) is 4. The van der Waals surface area contributed by atoms with Crippen LogP contribution in [0.25, 0.3) is 0 Å². The third-order valence-electron chi connectivity index (χ3n) is 4.72. The topological polar surface area (TPSA) is 55.4 Å². The van der Waals surface area contributed by atoms with Crippen LogP contribution in [0.2, 0.25) is 0 Å². The van der Waals surface area contributed by atoms with Crippen molar-refractivity contribution in [1.82, 2.24) is 5.32 Å². The van der Waals surface area contributed by atoms with Gasteiger partial charge in [-0.15, -0.1) is 0 Å². The van der Waals surface area contributed by atoms with Crippen LogP contribution in [0.4, 0.5) is 0 Å². The summed E-state index contributed by atoms with van der Waals surface area (Å²) >= 11 is 1.62. The van der Waals surface area contributed by atoms with Crippen molar-refractivity contribution in [3.05, 3.63) is 48.0 Å². The Labute approximate surface area is 180 Å². The highest BCUT2D eigenvalue weighted by molar-refractivity contribution is 7.99. The third kappa shape index (κ3) is 12.4. The number of carbonyl (C=O) groups is 2. The summed E-state index contributed by atoms with van der Waals surface area (Å²) in [5, 5.41) is 2.77. The van der Waals surface area contributed by atoms with Crippen molar-refractivity contribution < 1.29 is 14.3 Å². The van der Waals surface area contributed by atoms with E-state index in [0.717, 1.165) is 12.2 Å². The molecule has 4 nitrogen and oxygen atoms in total. The molecular formula is C24H37NO3S. The van der Waals surface area contributed by atoms with Crippen LogP contribution in [0, 0.1) is 0 Å². The van der Waals surface area contributed by atoms with E-state index >= 15 is 0 Å². The van der Waals surface area contributed by atoms with Crippen LogP contribution >= 0.6 is 11.8 Å². The highest BCUT2D eigenvalue weighted by Gasteiger charge is 2.21. The Bertz CT molecular complexity index is 589. The third-order valence-corrected chi connectivity index (χ3v) is 5.71. The molecule has 29 heavy (non-hydrogen) atoms. The molecule has 1 aromatic rings. The second-order valence-corrected chi connectivity index (χ2v) is 8.26. The molecule has 0 spiro atoms. The molecule has 0 heterocycles.